The second-order valence-corrected chi connectivity index (χ2v) is 3.47. The van der Waals surface area contributed by atoms with Crippen LogP contribution in [0.3, 0.4) is 0 Å². The quantitative estimate of drug-likeness (QED) is 0.738. The Morgan fingerprint density at radius 3 is 2.80 bits per heavy atom. The van der Waals surface area contributed by atoms with E-state index in [1.807, 2.05) is 0 Å². The number of carboxylic acids is 1. The number of aliphatic carboxylic acids is 1. The van der Waals surface area contributed by atoms with E-state index in [1.54, 1.807) is 32.2 Å². The summed E-state index contributed by atoms with van der Waals surface area (Å²) in [5.41, 5.74) is 7.10. The SMILES string of the molecule is COc1cccc(N)c1CC(C)C(=O)O. The molecule has 1 atom stereocenters. The third kappa shape index (κ3) is 2.62. The van der Waals surface area contributed by atoms with Crippen LogP contribution in [0, 0.1) is 5.92 Å². The van der Waals surface area contributed by atoms with Crippen LogP contribution >= 0.6 is 0 Å². The zero-order valence-electron chi connectivity index (χ0n) is 8.86. The second-order valence-electron chi connectivity index (χ2n) is 3.47. The van der Waals surface area contributed by atoms with Crippen LogP contribution in [0.2, 0.25) is 0 Å². The zero-order chi connectivity index (χ0) is 11.4. The highest BCUT2D eigenvalue weighted by molar-refractivity contribution is 5.71. The van der Waals surface area contributed by atoms with Gasteiger partial charge in [0.15, 0.2) is 0 Å². The highest BCUT2D eigenvalue weighted by Crippen LogP contribution is 2.26. The van der Waals surface area contributed by atoms with Gasteiger partial charge in [-0.25, -0.2) is 0 Å². The van der Waals surface area contributed by atoms with Gasteiger partial charge in [-0.1, -0.05) is 13.0 Å². The van der Waals surface area contributed by atoms with Crippen LogP contribution in [0.5, 0.6) is 5.75 Å². The van der Waals surface area contributed by atoms with Crippen LogP contribution in [-0.2, 0) is 11.2 Å². The van der Waals surface area contributed by atoms with Crippen molar-refractivity contribution < 1.29 is 14.6 Å². The first-order chi connectivity index (χ1) is 7.06. The molecule has 0 aliphatic rings. The van der Waals surface area contributed by atoms with Crippen molar-refractivity contribution in [3.63, 3.8) is 0 Å². The molecule has 0 aromatic heterocycles. The number of hydrogen-bond acceptors (Lipinski definition) is 3. The van der Waals surface area contributed by atoms with Crippen LogP contribution in [-0.4, -0.2) is 18.2 Å². The van der Waals surface area contributed by atoms with Gasteiger partial charge < -0.3 is 15.6 Å². The molecule has 4 nitrogen and oxygen atoms in total. The minimum atomic E-state index is -0.833. The maximum absolute atomic E-state index is 10.7. The summed E-state index contributed by atoms with van der Waals surface area (Å²) in [5.74, 6) is -0.660. The lowest BCUT2D eigenvalue weighted by Crippen LogP contribution is -2.14. The number of ether oxygens (including phenoxy) is 1. The molecule has 82 valence electrons. The van der Waals surface area contributed by atoms with Crippen molar-refractivity contribution in [2.45, 2.75) is 13.3 Å². The maximum atomic E-state index is 10.7. The number of rotatable bonds is 4. The molecule has 0 spiro atoms. The Hall–Kier alpha value is -1.71. The lowest BCUT2D eigenvalue weighted by Gasteiger charge is -2.13. The molecule has 1 aromatic carbocycles. The van der Waals surface area contributed by atoms with Crippen LogP contribution in [0.25, 0.3) is 0 Å². The largest absolute Gasteiger partial charge is 0.496 e. The Bertz CT molecular complexity index is 363. The van der Waals surface area contributed by atoms with Gasteiger partial charge in [-0.05, 0) is 18.6 Å². The summed E-state index contributed by atoms with van der Waals surface area (Å²) in [6.45, 7) is 1.65. The van der Waals surface area contributed by atoms with Crippen LogP contribution in [0.1, 0.15) is 12.5 Å². The van der Waals surface area contributed by atoms with Gasteiger partial charge in [-0.3, -0.25) is 4.79 Å². The summed E-state index contributed by atoms with van der Waals surface area (Å²) >= 11 is 0. The molecule has 15 heavy (non-hydrogen) atoms. The van der Waals surface area contributed by atoms with E-state index in [4.69, 9.17) is 15.6 Å². The number of benzene rings is 1. The smallest absolute Gasteiger partial charge is 0.306 e. The number of anilines is 1. The van der Waals surface area contributed by atoms with Crippen molar-refractivity contribution in [2.75, 3.05) is 12.8 Å². The van der Waals surface area contributed by atoms with E-state index in [1.165, 1.54) is 0 Å². The number of methoxy groups -OCH3 is 1. The van der Waals surface area contributed by atoms with E-state index < -0.39 is 11.9 Å². The van der Waals surface area contributed by atoms with Gasteiger partial charge in [0.1, 0.15) is 5.75 Å². The van der Waals surface area contributed by atoms with Crippen LogP contribution in [0.4, 0.5) is 5.69 Å². The highest BCUT2D eigenvalue weighted by atomic mass is 16.5. The van der Waals surface area contributed by atoms with Crippen molar-refractivity contribution in [3.8, 4) is 5.75 Å². The fraction of sp³-hybridized carbons (Fsp3) is 0.364. The Kier molecular flexibility index (Phi) is 3.55. The van der Waals surface area contributed by atoms with Crippen molar-refractivity contribution >= 4 is 11.7 Å². The van der Waals surface area contributed by atoms with Crippen molar-refractivity contribution in [1.29, 1.82) is 0 Å². The van der Waals surface area contributed by atoms with Crippen LogP contribution in [0.15, 0.2) is 18.2 Å². The molecule has 0 saturated carbocycles. The average Bonchev–Trinajstić information content (AvgIpc) is 2.20. The minimum absolute atomic E-state index is 0.380. The Morgan fingerprint density at radius 2 is 2.27 bits per heavy atom. The molecule has 4 heteroatoms. The van der Waals surface area contributed by atoms with Crippen molar-refractivity contribution in [2.24, 2.45) is 5.92 Å². The van der Waals surface area contributed by atoms with Crippen LogP contribution < -0.4 is 10.5 Å². The van der Waals surface area contributed by atoms with E-state index in [9.17, 15) is 4.79 Å². The third-order valence-corrected chi connectivity index (χ3v) is 2.32. The van der Waals surface area contributed by atoms with Gasteiger partial charge in [0.05, 0.1) is 13.0 Å². The third-order valence-electron chi connectivity index (χ3n) is 2.32. The van der Waals surface area contributed by atoms with Crippen molar-refractivity contribution in [3.05, 3.63) is 23.8 Å². The van der Waals surface area contributed by atoms with Gasteiger partial charge in [0.2, 0.25) is 0 Å². The molecule has 0 aliphatic heterocycles. The molecule has 0 saturated heterocycles. The molecule has 3 N–H and O–H groups in total. The molecule has 0 heterocycles. The van der Waals surface area contributed by atoms with Gasteiger partial charge >= 0.3 is 5.97 Å². The minimum Gasteiger partial charge on any atom is -0.496 e. The summed E-state index contributed by atoms with van der Waals surface area (Å²) in [6, 6.07) is 5.30. The lowest BCUT2D eigenvalue weighted by atomic mass is 9.99. The average molecular weight is 209 g/mol. The predicted molar refractivity (Wildman–Crippen MR) is 57.9 cm³/mol. The zero-order valence-corrected chi connectivity index (χ0v) is 8.86. The van der Waals surface area contributed by atoms with Gasteiger partial charge in [0, 0.05) is 11.3 Å². The first-order valence-electron chi connectivity index (χ1n) is 4.70. The molecule has 1 unspecified atom stereocenters. The fourth-order valence-electron chi connectivity index (χ4n) is 1.39. The second kappa shape index (κ2) is 4.68. The lowest BCUT2D eigenvalue weighted by molar-refractivity contribution is -0.141. The first kappa shape index (κ1) is 11.4. The molecule has 0 radical (unpaired) electrons. The van der Waals surface area contributed by atoms with E-state index in [0.29, 0.717) is 17.9 Å². The molecule has 0 aliphatic carbocycles. The molecule has 0 fully saturated rings. The summed E-state index contributed by atoms with van der Waals surface area (Å²) in [6.07, 6.45) is 0.380. The number of nitrogens with two attached hydrogens (primary N) is 1. The van der Waals surface area contributed by atoms with E-state index in [2.05, 4.69) is 0 Å². The van der Waals surface area contributed by atoms with Gasteiger partial charge in [0.25, 0.3) is 0 Å². The topological polar surface area (TPSA) is 72.5 Å². The Labute approximate surface area is 88.7 Å². The normalized spacial score (nSPS) is 12.1. The maximum Gasteiger partial charge on any atom is 0.306 e. The summed E-state index contributed by atoms with van der Waals surface area (Å²) < 4.78 is 5.13. The summed E-state index contributed by atoms with van der Waals surface area (Å²) in [4.78, 5) is 10.7. The monoisotopic (exact) mass is 209 g/mol. The summed E-state index contributed by atoms with van der Waals surface area (Å²) in [5, 5.41) is 8.82. The number of carboxylic acid groups (broad SMARTS) is 1. The molecule has 1 rings (SSSR count). The fourth-order valence-corrected chi connectivity index (χ4v) is 1.39. The van der Waals surface area contributed by atoms with Gasteiger partial charge in [-0.15, -0.1) is 0 Å². The Balaban J connectivity index is 2.97. The molecule has 0 bridgehead atoms. The predicted octanol–water partition coefficient (Wildman–Crippen LogP) is 1.54. The van der Waals surface area contributed by atoms with E-state index in [0.717, 1.165) is 5.56 Å². The van der Waals surface area contributed by atoms with E-state index in [-0.39, 0.29) is 0 Å². The summed E-state index contributed by atoms with van der Waals surface area (Å²) in [7, 11) is 1.55. The number of hydrogen-bond donors (Lipinski definition) is 2. The van der Waals surface area contributed by atoms with E-state index >= 15 is 0 Å². The molecular weight excluding hydrogens is 194 g/mol. The number of carbonyl (C=O) groups is 1. The molecule has 0 amide bonds. The molecular formula is C11H15NO3. The van der Waals surface area contributed by atoms with Crippen molar-refractivity contribution in [1.82, 2.24) is 0 Å². The Morgan fingerprint density at radius 1 is 1.60 bits per heavy atom. The highest BCUT2D eigenvalue weighted by Gasteiger charge is 2.16. The number of nitrogen functional groups attached to an aromatic ring is 1. The van der Waals surface area contributed by atoms with Gasteiger partial charge in [-0.2, -0.15) is 0 Å². The first-order valence-corrected chi connectivity index (χ1v) is 4.70. The molecule has 1 aromatic rings. The standard InChI is InChI=1S/C11H15NO3/c1-7(11(13)14)6-8-9(12)4-3-5-10(8)15-2/h3-5,7H,6,12H2,1-2H3,(H,13,14).